The highest BCUT2D eigenvalue weighted by atomic mass is 35.5. The number of carbonyl (C=O) groups is 1. The zero-order valence-corrected chi connectivity index (χ0v) is 13.1. The summed E-state index contributed by atoms with van der Waals surface area (Å²) in [6.07, 6.45) is 1.65. The van der Waals surface area contributed by atoms with Gasteiger partial charge in [0.1, 0.15) is 0 Å². The Labute approximate surface area is 133 Å². The number of aryl methyl sites for hydroxylation is 1. The van der Waals surface area contributed by atoms with E-state index in [4.69, 9.17) is 11.6 Å². The first kappa shape index (κ1) is 15.6. The fourth-order valence-electron chi connectivity index (χ4n) is 1.62. The molecule has 0 unspecified atom stereocenters. The van der Waals surface area contributed by atoms with E-state index in [1.54, 1.807) is 18.3 Å². The molecule has 2 rings (SSSR count). The SMILES string of the molecule is Cc1ccccc1/C=N/NC(=O)CSc1ccc(Cl)cc1. The molecule has 5 heteroatoms. The first-order chi connectivity index (χ1) is 10.1. The van der Waals surface area contributed by atoms with Crippen molar-refractivity contribution in [2.24, 2.45) is 5.10 Å². The van der Waals surface area contributed by atoms with Gasteiger partial charge in [-0.1, -0.05) is 35.9 Å². The number of halogens is 1. The van der Waals surface area contributed by atoms with E-state index in [0.717, 1.165) is 16.0 Å². The van der Waals surface area contributed by atoms with Crippen molar-refractivity contribution in [1.29, 1.82) is 0 Å². The lowest BCUT2D eigenvalue weighted by Crippen LogP contribution is -2.19. The maximum absolute atomic E-state index is 11.7. The van der Waals surface area contributed by atoms with Crippen LogP contribution < -0.4 is 5.43 Å². The number of nitrogens with zero attached hydrogens (tertiary/aromatic N) is 1. The number of carbonyl (C=O) groups excluding carboxylic acids is 1. The van der Waals surface area contributed by atoms with E-state index in [1.165, 1.54) is 11.8 Å². The minimum Gasteiger partial charge on any atom is -0.272 e. The van der Waals surface area contributed by atoms with Gasteiger partial charge in [-0.2, -0.15) is 5.10 Å². The van der Waals surface area contributed by atoms with E-state index < -0.39 is 0 Å². The number of thioether (sulfide) groups is 1. The van der Waals surface area contributed by atoms with Gasteiger partial charge in [0, 0.05) is 9.92 Å². The molecular weight excluding hydrogens is 304 g/mol. The molecule has 0 saturated heterocycles. The van der Waals surface area contributed by atoms with Crippen molar-refractivity contribution in [1.82, 2.24) is 5.43 Å². The van der Waals surface area contributed by atoms with Gasteiger partial charge in [0.15, 0.2) is 0 Å². The van der Waals surface area contributed by atoms with E-state index in [-0.39, 0.29) is 5.91 Å². The molecule has 0 aliphatic carbocycles. The molecule has 21 heavy (non-hydrogen) atoms. The number of benzene rings is 2. The maximum atomic E-state index is 11.7. The molecule has 2 aromatic rings. The summed E-state index contributed by atoms with van der Waals surface area (Å²) in [4.78, 5) is 12.7. The quantitative estimate of drug-likeness (QED) is 0.516. The van der Waals surface area contributed by atoms with Gasteiger partial charge in [0.25, 0.3) is 0 Å². The Hall–Kier alpha value is -1.78. The molecule has 1 amide bonds. The van der Waals surface area contributed by atoms with Crippen LogP contribution in [-0.2, 0) is 4.79 Å². The number of amides is 1. The maximum Gasteiger partial charge on any atom is 0.250 e. The minimum atomic E-state index is -0.139. The normalized spacial score (nSPS) is 10.8. The summed E-state index contributed by atoms with van der Waals surface area (Å²) in [5.74, 6) is 0.173. The van der Waals surface area contributed by atoms with E-state index in [1.807, 2.05) is 43.3 Å². The van der Waals surface area contributed by atoms with E-state index >= 15 is 0 Å². The number of nitrogens with one attached hydrogen (secondary N) is 1. The summed E-state index contributed by atoms with van der Waals surface area (Å²) < 4.78 is 0. The third-order valence-corrected chi connectivity index (χ3v) is 4.03. The zero-order chi connectivity index (χ0) is 15.1. The minimum absolute atomic E-state index is 0.139. The van der Waals surface area contributed by atoms with Gasteiger partial charge in [0.05, 0.1) is 12.0 Å². The molecule has 1 N–H and O–H groups in total. The summed E-state index contributed by atoms with van der Waals surface area (Å²) in [5.41, 5.74) is 4.63. The van der Waals surface area contributed by atoms with Crippen LogP contribution in [0.3, 0.4) is 0 Å². The first-order valence-electron chi connectivity index (χ1n) is 6.41. The Bertz CT molecular complexity index is 641. The van der Waals surface area contributed by atoms with Crippen LogP contribution in [0.5, 0.6) is 0 Å². The van der Waals surface area contributed by atoms with Crippen LogP contribution in [0.2, 0.25) is 5.02 Å². The molecule has 0 heterocycles. The van der Waals surface area contributed by atoms with Gasteiger partial charge in [-0.05, 0) is 42.3 Å². The Kier molecular flexibility index (Phi) is 5.84. The number of rotatable bonds is 5. The van der Waals surface area contributed by atoms with E-state index in [9.17, 15) is 4.79 Å². The van der Waals surface area contributed by atoms with Crippen molar-refractivity contribution in [3.63, 3.8) is 0 Å². The summed E-state index contributed by atoms with van der Waals surface area (Å²) in [5, 5.41) is 4.66. The third-order valence-electron chi connectivity index (χ3n) is 2.76. The Morgan fingerprint density at radius 1 is 1.24 bits per heavy atom. The molecule has 0 atom stereocenters. The van der Waals surface area contributed by atoms with Gasteiger partial charge >= 0.3 is 0 Å². The molecular formula is C16H15ClN2OS. The fraction of sp³-hybridized carbons (Fsp3) is 0.125. The van der Waals surface area contributed by atoms with Crippen LogP contribution in [0.25, 0.3) is 0 Å². The number of hydrogen-bond donors (Lipinski definition) is 1. The predicted molar refractivity (Wildman–Crippen MR) is 89.1 cm³/mol. The predicted octanol–water partition coefficient (Wildman–Crippen LogP) is 3.89. The fourth-order valence-corrected chi connectivity index (χ4v) is 2.43. The average molecular weight is 319 g/mol. The van der Waals surface area contributed by atoms with E-state index in [2.05, 4.69) is 10.5 Å². The standard InChI is InChI=1S/C16H15ClN2OS/c1-12-4-2-3-5-13(12)10-18-19-16(20)11-21-15-8-6-14(17)7-9-15/h2-10H,11H2,1H3,(H,19,20)/b18-10+. The second kappa shape index (κ2) is 7.86. The van der Waals surface area contributed by atoms with Crippen LogP contribution in [0.4, 0.5) is 0 Å². The van der Waals surface area contributed by atoms with Crippen molar-refractivity contribution >= 4 is 35.5 Å². The molecule has 3 nitrogen and oxygen atoms in total. The lowest BCUT2D eigenvalue weighted by Gasteiger charge is -2.01. The number of hydrazone groups is 1. The second-order valence-electron chi connectivity index (χ2n) is 4.39. The average Bonchev–Trinajstić information content (AvgIpc) is 2.49. The highest BCUT2D eigenvalue weighted by Crippen LogP contribution is 2.19. The van der Waals surface area contributed by atoms with Crippen molar-refractivity contribution in [3.05, 3.63) is 64.7 Å². The van der Waals surface area contributed by atoms with Crippen LogP contribution in [0.15, 0.2) is 58.5 Å². The molecule has 0 aromatic heterocycles. The lowest BCUT2D eigenvalue weighted by atomic mass is 10.1. The highest BCUT2D eigenvalue weighted by molar-refractivity contribution is 8.00. The molecule has 108 valence electrons. The summed E-state index contributed by atoms with van der Waals surface area (Å²) in [6, 6.07) is 15.2. The van der Waals surface area contributed by atoms with Crippen LogP contribution in [-0.4, -0.2) is 17.9 Å². The van der Waals surface area contributed by atoms with Crippen molar-refractivity contribution in [2.45, 2.75) is 11.8 Å². The van der Waals surface area contributed by atoms with Crippen LogP contribution in [0, 0.1) is 6.92 Å². The Morgan fingerprint density at radius 3 is 2.67 bits per heavy atom. The third kappa shape index (κ3) is 5.25. The highest BCUT2D eigenvalue weighted by Gasteiger charge is 2.01. The zero-order valence-electron chi connectivity index (χ0n) is 11.5. The van der Waals surface area contributed by atoms with E-state index in [0.29, 0.717) is 10.8 Å². The van der Waals surface area contributed by atoms with Gasteiger partial charge in [0.2, 0.25) is 5.91 Å². The summed E-state index contributed by atoms with van der Waals surface area (Å²) in [7, 11) is 0. The molecule has 0 saturated carbocycles. The molecule has 0 spiro atoms. The topological polar surface area (TPSA) is 41.5 Å². The molecule has 0 aliphatic rings. The summed E-state index contributed by atoms with van der Waals surface area (Å²) in [6.45, 7) is 2.00. The Morgan fingerprint density at radius 2 is 1.95 bits per heavy atom. The largest absolute Gasteiger partial charge is 0.272 e. The monoisotopic (exact) mass is 318 g/mol. The van der Waals surface area contributed by atoms with Crippen LogP contribution >= 0.6 is 23.4 Å². The molecule has 0 fully saturated rings. The summed E-state index contributed by atoms with van der Waals surface area (Å²) >= 11 is 7.25. The lowest BCUT2D eigenvalue weighted by molar-refractivity contribution is -0.118. The van der Waals surface area contributed by atoms with Gasteiger partial charge < -0.3 is 0 Å². The van der Waals surface area contributed by atoms with Crippen molar-refractivity contribution in [2.75, 3.05) is 5.75 Å². The molecule has 0 aliphatic heterocycles. The van der Waals surface area contributed by atoms with Crippen molar-refractivity contribution < 1.29 is 4.79 Å². The molecule has 0 bridgehead atoms. The molecule has 2 aromatic carbocycles. The van der Waals surface area contributed by atoms with Gasteiger partial charge in [-0.25, -0.2) is 5.43 Å². The second-order valence-corrected chi connectivity index (χ2v) is 5.88. The molecule has 0 radical (unpaired) electrons. The Balaban J connectivity index is 1.80. The first-order valence-corrected chi connectivity index (χ1v) is 7.77. The van der Waals surface area contributed by atoms with Crippen LogP contribution in [0.1, 0.15) is 11.1 Å². The number of hydrogen-bond acceptors (Lipinski definition) is 3. The smallest absolute Gasteiger partial charge is 0.250 e. The van der Waals surface area contributed by atoms with Crippen molar-refractivity contribution in [3.8, 4) is 0 Å². The van der Waals surface area contributed by atoms with Gasteiger partial charge in [-0.15, -0.1) is 11.8 Å². The van der Waals surface area contributed by atoms with Gasteiger partial charge in [-0.3, -0.25) is 4.79 Å².